The highest BCUT2D eigenvalue weighted by Gasteiger charge is 2.18. The summed E-state index contributed by atoms with van der Waals surface area (Å²) in [6.45, 7) is 11.5. The van der Waals surface area contributed by atoms with Crippen LogP contribution >= 0.6 is 0 Å². The molecule has 0 amide bonds. The third-order valence-corrected chi connectivity index (χ3v) is 4.15. The SMILES string of the molecule is CN1CCN(c2ncc(CNC(CO)CC(C)(C)C)cn2)CC1. The second kappa shape index (κ2) is 8.04. The first kappa shape index (κ1) is 18.1. The Bertz CT molecular complexity index is 463. The van der Waals surface area contributed by atoms with Gasteiger partial charge in [-0.05, 0) is 18.9 Å². The van der Waals surface area contributed by atoms with Crippen molar-refractivity contribution in [3.8, 4) is 0 Å². The topological polar surface area (TPSA) is 64.5 Å². The standard InChI is InChI=1S/C17H31N5O/c1-17(2,3)9-15(13-23)18-10-14-11-19-16(20-12-14)22-7-5-21(4)6-8-22/h11-12,15,18,23H,5-10,13H2,1-4H3. The molecule has 1 unspecified atom stereocenters. The summed E-state index contributed by atoms with van der Waals surface area (Å²) in [7, 11) is 2.14. The molecule has 1 aromatic heterocycles. The number of rotatable bonds is 6. The lowest BCUT2D eigenvalue weighted by Crippen LogP contribution is -2.45. The number of anilines is 1. The van der Waals surface area contributed by atoms with E-state index in [-0.39, 0.29) is 18.1 Å². The van der Waals surface area contributed by atoms with E-state index in [9.17, 15) is 5.11 Å². The predicted molar refractivity (Wildman–Crippen MR) is 93.5 cm³/mol. The maximum absolute atomic E-state index is 9.50. The van der Waals surface area contributed by atoms with Crippen LogP contribution in [0, 0.1) is 5.41 Å². The molecule has 6 heteroatoms. The summed E-state index contributed by atoms with van der Waals surface area (Å²) in [6.07, 6.45) is 4.71. The van der Waals surface area contributed by atoms with Gasteiger partial charge in [0.2, 0.25) is 5.95 Å². The monoisotopic (exact) mass is 321 g/mol. The summed E-state index contributed by atoms with van der Waals surface area (Å²) < 4.78 is 0. The second-order valence-electron chi connectivity index (χ2n) is 7.71. The van der Waals surface area contributed by atoms with Crippen LogP contribution in [-0.2, 0) is 6.54 Å². The van der Waals surface area contributed by atoms with E-state index < -0.39 is 0 Å². The number of piperazine rings is 1. The number of nitrogens with one attached hydrogen (secondary N) is 1. The first-order valence-electron chi connectivity index (χ1n) is 8.46. The minimum atomic E-state index is 0.104. The Morgan fingerprint density at radius 2 is 1.78 bits per heavy atom. The van der Waals surface area contributed by atoms with Crippen LogP contribution in [-0.4, -0.2) is 65.8 Å². The molecule has 0 saturated carbocycles. The van der Waals surface area contributed by atoms with E-state index in [4.69, 9.17) is 0 Å². The molecule has 0 radical (unpaired) electrons. The molecule has 0 aromatic carbocycles. The van der Waals surface area contributed by atoms with Gasteiger partial charge in [-0.1, -0.05) is 20.8 Å². The molecule has 1 aliphatic heterocycles. The Balaban J connectivity index is 1.85. The molecule has 0 bridgehead atoms. The molecule has 1 fully saturated rings. The molecule has 2 N–H and O–H groups in total. The number of likely N-dealkylation sites (N-methyl/N-ethyl adjacent to an activating group) is 1. The van der Waals surface area contributed by atoms with Crippen LogP contribution < -0.4 is 10.2 Å². The average Bonchev–Trinajstić information content (AvgIpc) is 2.52. The van der Waals surface area contributed by atoms with Gasteiger partial charge in [-0.25, -0.2) is 9.97 Å². The number of hydrogen-bond acceptors (Lipinski definition) is 6. The largest absolute Gasteiger partial charge is 0.395 e. The maximum atomic E-state index is 9.50. The van der Waals surface area contributed by atoms with Gasteiger partial charge in [0, 0.05) is 56.7 Å². The van der Waals surface area contributed by atoms with Crippen LogP contribution in [0.5, 0.6) is 0 Å². The van der Waals surface area contributed by atoms with Crippen molar-refractivity contribution >= 4 is 5.95 Å². The highest BCUT2D eigenvalue weighted by molar-refractivity contribution is 5.30. The van der Waals surface area contributed by atoms with Gasteiger partial charge in [-0.2, -0.15) is 0 Å². The number of nitrogens with zero attached hydrogens (tertiary/aromatic N) is 4. The third-order valence-electron chi connectivity index (χ3n) is 4.15. The minimum absolute atomic E-state index is 0.104. The molecule has 130 valence electrons. The molecule has 1 atom stereocenters. The number of hydrogen-bond donors (Lipinski definition) is 2. The Kier molecular flexibility index (Phi) is 6.33. The molecule has 1 aliphatic rings. The summed E-state index contributed by atoms with van der Waals surface area (Å²) in [5.74, 6) is 0.815. The van der Waals surface area contributed by atoms with Crippen molar-refractivity contribution < 1.29 is 5.11 Å². The number of aliphatic hydroxyl groups excluding tert-OH is 1. The molecule has 0 aliphatic carbocycles. The van der Waals surface area contributed by atoms with E-state index in [1.807, 2.05) is 12.4 Å². The quantitative estimate of drug-likeness (QED) is 0.818. The Labute approximate surface area is 139 Å². The molecule has 0 spiro atoms. The third kappa shape index (κ3) is 6.05. The lowest BCUT2D eigenvalue weighted by Gasteiger charge is -2.32. The number of aliphatic hydroxyl groups is 1. The summed E-state index contributed by atoms with van der Waals surface area (Å²) in [6, 6.07) is 0.104. The molecular formula is C17H31N5O. The zero-order valence-electron chi connectivity index (χ0n) is 14.9. The van der Waals surface area contributed by atoms with Gasteiger partial charge in [0.25, 0.3) is 0 Å². The van der Waals surface area contributed by atoms with Gasteiger partial charge >= 0.3 is 0 Å². The van der Waals surface area contributed by atoms with Crippen molar-refractivity contribution in [2.75, 3.05) is 44.7 Å². The second-order valence-corrected chi connectivity index (χ2v) is 7.71. The first-order valence-corrected chi connectivity index (χ1v) is 8.46. The molecular weight excluding hydrogens is 290 g/mol. The maximum Gasteiger partial charge on any atom is 0.225 e. The predicted octanol–water partition coefficient (Wildman–Crippen LogP) is 1.12. The molecule has 23 heavy (non-hydrogen) atoms. The van der Waals surface area contributed by atoms with E-state index in [1.165, 1.54) is 0 Å². The first-order chi connectivity index (χ1) is 10.9. The Morgan fingerprint density at radius 1 is 1.17 bits per heavy atom. The average molecular weight is 321 g/mol. The van der Waals surface area contributed by atoms with Crippen LogP contribution in [0.4, 0.5) is 5.95 Å². The van der Waals surface area contributed by atoms with Crippen LogP contribution in [0.1, 0.15) is 32.8 Å². The van der Waals surface area contributed by atoms with E-state index in [0.29, 0.717) is 6.54 Å². The zero-order valence-corrected chi connectivity index (χ0v) is 14.9. The van der Waals surface area contributed by atoms with Crippen LogP contribution in [0.25, 0.3) is 0 Å². The van der Waals surface area contributed by atoms with Crippen LogP contribution in [0.3, 0.4) is 0 Å². The Morgan fingerprint density at radius 3 is 2.30 bits per heavy atom. The fraction of sp³-hybridized carbons (Fsp3) is 0.765. The lowest BCUT2D eigenvalue weighted by atomic mass is 9.88. The minimum Gasteiger partial charge on any atom is -0.395 e. The van der Waals surface area contributed by atoms with E-state index in [0.717, 1.165) is 44.1 Å². The fourth-order valence-electron chi connectivity index (χ4n) is 2.81. The highest BCUT2D eigenvalue weighted by Crippen LogP contribution is 2.20. The van der Waals surface area contributed by atoms with Crippen LogP contribution in [0.2, 0.25) is 0 Å². The van der Waals surface area contributed by atoms with Gasteiger partial charge in [-0.15, -0.1) is 0 Å². The molecule has 2 rings (SSSR count). The van der Waals surface area contributed by atoms with Crippen molar-refractivity contribution in [3.05, 3.63) is 18.0 Å². The summed E-state index contributed by atoms with van der Waals surface area (Å²) >= 11 is 0. The fourth-order valence-corrected chi connectivity index (χ4v) is 2.81. The molecule has 6 nitrogen and oxygen atoms in total. The zero-order chi connectivity index (χ0) is 16.9. The van der Waals surface area contributed by atoms with Crippen molar-refractivity contribution in [1.82, 2.24) is 20.2 Å². The van der Waals surface area contributed by atoms with Crippen molar-refractivity contribution in [2.24, 2.45) is 5.41 Å². The number of aromatic nitrogens is 2. The molecule has 1 saturated heterocycles. The van der Waals surface area contributed by atoms with Crippen LogP contribution in [0.15, 0.2) is 12.4 Å². The lowest BCUT2D eigenvalue weighted by molar-refractivity contribution is 0.198. The molecule has 1 aromatic rings. The van der Waals surface area contributed by atoms with Gasteiger partial charge < -0.3 is 20.2 Å². The normalized spacial score (nSPS) is 18.2. The van der Waals surface area contributed by atoms with Crippen molar-refractivity contribution in [3.63, 3.8) is 0 Å². The summed E-state index contributed by atoms with van der Waals surface area (Å²) in [5.41, 5.74) is 1.25. The van der Waals surface area contributed by atoms with Gasteiger partial charge in [-0.3, -0.25) is 0 Å². The smallest absolute Gasteiger partial charge is 0.225 e. The highest BCUT2D eigenvalue weighted by atomic mass is 16.3. The Hall–Kier alpha value is -1.24. The van der Waals surface area contributed by atoms with E-state index in [1.54, 1.807) is 0 Å². The van der Waals surface area contributed by atoms with Crippen molar-refractivity contribution in [2.45, 2.75) is 39.8 Å². The summed E-state index contributed by atoms with van der Waals surface area (Å²) in [5, 5.41) is 12.9. The van der Waals surface area contributed by atoms with Crippen molar-refractivity contribution in [1.29, 1.82) is 0 Å². The van der Waals surface area contributed by atoms with Gasteiger partial charge in [0.1, 0.15) is 0 Å². The summed E-state index contributed by atoms with van der Waals surface area (Å²) in [4.78, 5) is 13.5. The molecule has 2 heterocycles. The van der Waals surface area contributed by atoms with E-state index in [2.05, 4.69) is 52.9 Å². The van der Waals surface area contributed by atoms with Gasteiger partial charge in [0.05, 0.1) is 6.61 Å². The van der Waals surface area contributed by atoms with Gasteiger partial charge in [0.15, 0.2) is 0 Å². The van der Waals surface area contributed by atoms with E-state index >= 15 is 0 Å².